The number of aliphatic carboxylic acids is 1. The molecule has 1 aromatic rings. The van der Waals surface area contributed by atoms with Gasteiger partial charge in [0.2, 0.25) is 0 Å². The summed E-state index contributed by atoms with van der Waals surface area (Å²) in [5, 5.41) is 19.3. The topological polar surface area (TPSA) is 102 Å². The molecule has 1 saturated carbocycles. The number of aliphatic imine (C=N–C) groups is 1. The summed E-state index contributed by atoms with van der Waals surface area (Å²) in [6.45, 7) is -0.394. The van der Waals surface area contributed by atoms with Gasteiger partial charge in [-0.3, -0.25) is 15.1 Å². The van der Waals surface area contributed by atoms with Crippen molar-refractivity contribution in [1.82, 2.24) is 0 Å². The number of nitro groups is 1. The van der Waals surface area contributed by atoms with Gasteiger partial charge in [-0.2, -0.15) is 13.2 Å². The molecule has 1 fully saturated rings. The average Bonchev–Trinajstić information content (AvgIpc) is 2.53. The Bertz CT molecular complexity index is 693. The number of carboxylic acids is 1. The van der Waals surface area contributed by atoms with E-state index in [1.165, 1.54) is 6.07 Å². The molecule has 10 heteroatoms. The lowest BCUT2D eigenvalue weighted by atomic mass is 9.95. The minimum atomic E-state index is -4.85. The molecule has 0 amide bonds. The van der Waals surface area contributed by atoms with Gasteiger partial charge >= 0.3 is 12.1 Å². The van der Waals surface area contributed by atoms with Gasteiger partial charge in [-0.1, -0.05) is 0 Å². The number of nitro benzene ring substituents is 1. The Hall–Kier alpha value is -2.49. The molecule has 1 aromatic carbocycles. The van der Waals surface area contributed by atoms with E-state index in [9.17, 15) is 28.1 Å². The molecular formula is C15H15F3N2O5. The van der Waals surface area contributed by atoms with Gasteiger partial charge in [0.1, 0.15) is 12.2 Å². The van der Waals surface area contributed by atoms with Crippen LogP contribution in [0.5, 0.6) is 0 Å². The van der Waals surface area contributed by atoms with E-state index in [1.807, 2.05) is 0 Å². The van der Waals surface area contributed by atoms with Gasteiger partial charge in [0.15, 0.2) is 0 Å². The molecule has 0 radical (unpaired) electrons. The van der Waals surface area contributed by atoms with Gasteiger partial charge in [0.05, 0.1) is 16.7 Å². The fraction of sp³-hybridized carbons (Fsp3) is 0.467. The Kier molecular flexibility index (Phi) is 5.73. The highest BCUT2D eigenvalue weighted by atomic mass is 19.4. The molecule has 0 atom stereocenters. The first kappa shape index (κ1) is 18.8. The predicted molar refractivity (Wildman–Crippen MR) is 81.0 cm³/mol. The van der Waals surface area contributed by atoms with E-state index in [0.29, 0.717) is 37.5 Å². The molecule has 1 aliphatic carbocycles. The fourth-order valence-electron chi connectivity index (χ4n) is 2.55. The molecule has 0 saturated heterocycles. The lowest BCUT2D eigenvalue weighted by Gasteiger charge is -2.22. The number of carboxylic acid groups (broad SMARTS) is 1. The van der Waals surface area contributed by atoms with Crippen molar-refractivity contribution < 1.29 is 32.7 Å². The summed E-state index contributed by atoms with van der Waals surface area (Å²) in [6, 6.07) is 2.63. The zero-order chi connectivity index (χ0) is 18.6. The van der Waals surface area contributed by atoms with Crippen LogP contribution in [0.3, 0.4) is 0 Å². The molecule has 1 N–H and O–H groups in total. The van der Waals surface area contributed by atoms with Crippen LogP contribution in [-0.2, 0) is 15.7 Å². The largest absolute Gasteiger partial charge is 0.480 e. The summed E-state index contributed by atoms with van der Waals surface area (Å²) in [5.41, 5.74) is -1.70. The molecule has 0 heterocycles. The molecule has 0 aromatic heterocycles. The number of benzene rings is 1. The lowest BCUT2D eigenvalue weighted by Crippen LogP contribution is -2.24. The van der Waals surface area contributed by atoms with E-state index in [4.69, 9.17) is 9.84 Å². The Morgan fingerprint density at radius 2 is 2.00 bits per heavy atom. The highest BCUT2D eigenvalue weighted by Gasteiger charge is 2.38. The number of alkyl halides is 3. The minimum absolute atomic E-state index is 0.00201. The second-order valence-corrected chi connectivity index (χ2v) is 5.54. The van der Waals surface area contributed by atoms with E-state index in [2.05, 4.69) is 4.99 Å². The smallest absolute Gasteiger partial charge is 0.423 e. The maximum Gasteiger partial charge on any atom is 0.423 e. The van der Waals surface area contributed by atoms with Crippen molar-refractivity contribution in [1.29, 1.82) is 0 Å². The van der Waals surface area contributed by atoms with Gasteiger partial charge in [0.25, 0.3) is 5.69 Å². The van der Waals surface area contributed by atoms with E-state index < -0.39 is 34.9 Å². The first-order valence-electron chi connectivity index (χ1n) is 7.42. The summed E-state index contributed by atoms with van der Waals surface area (Å²) in [5.74, 6) is -1.06. The van der Waals surface area contributed by atoms with Gasteiger partial charge in [0, 0.05) is 11.8 Å². The van der Waals surface area contributed by atoms with Crippen molar-refractivity contribution in [3.63, 3.8) is 0 Å². The summed E-state index contributed by atoms with van der Waals surface area (Å²) < 4.78 is 44.0. The number of hydrogen-bond donors (Lipinski definition) is 1. The van der Waals surface area contributed by atoms with Crippen LogP contribution in [0, 0.1) is 10.1 Å². The molecule has 0 unspecified atom stereocenters. The zero-order valence-corrected chi connectivity index (χ0v) is 13.0. The SMILES string of the molecule is O=C(O)COC1CCC(=Nc2ccc([N+](=O)[O-])c(C(F)(F)F)c2)CC1. The van der Waals surface area contributed by atoms with Gasteiger partial charge in [-0.15, -0.1) is 0 Å². The lowest BCUT2D eigenvalue weighted by molar-refractivity contribution is -0.388. The van der Waals surface area contributed by atoms with E-state index in [-0.39, 0.29) is 11.8 Å². The van der Waals surface area contributed by atoms with E-state index in [1.54, 1.807) is 0 Å². The zero-order valence-electron chi connectivity index (χ0n) is 13.0. The van der Waals surface area contributed by atoms with Crippen LogP contribution in [0.15, 0.2) is 23.2 Å². The standard InChI is InChI=1S/C15H15F3N2O5/c16-15(17,18)12-7-10(3-6-13(12)20(23)24)19-9-1-4-11(5-2-9)25-8-14(21)22/h3,6-7,11H,1-2,4-5,8H2,(H,21,22). The third-order valence-electron chi connectivity index (χ3n) is 3.72. The number of ether oxygens (including phenoxy) is 1. The third kappa shape index (κ3) is 5.24. The molecule has 2 rings (SSSR count). The first-order chi connectivity index (χ1) is 11.7. The highest BCUT2D eigenvalue weighted by molar-refractivity contribution is 5.87. The monoisotopic (exact) mass is 360 g/mol. The Labute approximate surface area is 140 Å². The second kappa shape index (κ2) is 7.60. The number of hydrogen-bond acceptors (Lipinski definition) is 5. The molecule has 0 bridgehead atoms. The van der Waals surface area contributed by atoms with Crippen LogP contribution in [0.1, 0.15) is 31.2 Å². The molecule has 25 heavy (non-hydrogen) atoms. The van der Waals surface area contributed by atoms with Gasteiger partial charge in [-0.05, 0) is 37.8 Å². The fourth-order valence-corrected chi connectivity index (χ4v) is 2.55. The van der Waals surface area contributed by atoms with Gasteiger partial charge < -0.3 is 9.84 Å². The Morgan fingerprint density at radius 3 is 2.52 bits per heavy atom. The molecule has 0 spiro atoms. The first-order valence-corrected chi connectivity index (χ1v) is 7.42. The third-order valence-corrected chi connectivity index (χ3v) is 3.72. The molecule has 136 valence electrons. The maximum absolute atomic E-state index is 13.0. The van der Waals surface area contributed by atoms with E-state index >= 15 is 0 Å². The van der Waals surface area contributed by atoms with Crippen molar-refractivity contribution >= 4 is 23.1 Å². The predicted octanol–water partition coefficient (Wildman–Crippen LogP) is 3.73. The average molecular weight is 360 g/mol. The molecule has 0 aliphatic heterocycles. The quantitative estimate of drug-likeness (QED) is 0.637. The minimum Gasteiger partial charge on any atom is -0.480 e. The molecule has 7 nitrogen and oxygen atoms in total. The van der Waals surface area contributed by atoms with Crippen molar-refractivity contribution in [3.05, 3.63) is 33.9 Å². The van der Waals surface area contributed by atoms with Crippen molar-refractivity contribution in [2.75, 3.05) is 6.61 Å². The number of halogens is 3. The number of carbonyl (C=O) groups is 1. The molecular weight excluding hydrogens is 345 g/mol. The van der Waals surface area contributed by atoms with Crippen LogP contribution in [-0.4, -0.2) is 34.4 Å². The van der Waals surface area contributed by atoms with Crippen LogP contribution < -0.4 is 0 Å². The van der Waals surface area contributed by atoms with Crippen LogP contribution in [0.4, 0.5) is 24.5 Å². The van der Waals surface area contributed by atoms with Crippen molar-refractivity contribution in [2.24, 2.45) is 4.99 Å². The summed E-state index contributed by atoms with van der Waals surface area (Å²) in [7, 11) is 0. The van der Waals surface area contributed by atoms with E-state index in [0.717, 1.165) is 6.07 Å². The van der Waals surface area contributed by atoms with Crippen LogP contribution in [0.2, 0.25) is 0 Å². The maximum atomic E-state index is 13.0. The number of rotatable bonds is 5. The van der Waals surface area contributed by atoms with Crippen molar-refractivity contribution in [3.8, 4) is 0 Å². The normalized spacial score (nSPS) is 18.0. The Balaban J connectivity index is 2.11. The second-order valence-electron chi connectivity index (χ2n) is 5.54. The molecule has 1 aliphatic rings. The van der Waals surface area contributed by atoms with Crippen LogP contribution in [0.25, 0.3) is 0 Å². The highest BCUT2D eigenvalue weighted by Crippen LogP contribution is 2.38. The summed E-state index contributed by atoms with van der Waals surface area (Å²) in [6.07, 6.45) is -3.11. The van der Waals surface area contributed by atoms with Crippen molar-refractivity contribution in [2.45, 2.75) is 38.0 Å². The summed E-state index contributed by atoms with van der Waals surface area (Å²) in [4.78, 5) is 24.2. The number of nitrogens with zero attached hydrogens (tertiary/aromatic N) is 2. The van der Waals surface area contributed by atoms with Gasteiger partial charge in [-0.25, -0.2) is 4.79 Å². The summed E-state index contributed by atoms with van der Waals surface area (Å²) >= 11 is 0. The Morgan fingerprint density at radius 1 is 1.36 bits per heavy atom. The van der Waals surface area contributed by atoms with Crippen LogP contribution >= 0.6 is 0 Å².